The highest BCUT2D eigenvalue weighted by molar-refractivity contribution is 5.05. The summed E-state index contributed by atoms with van der Waals surface area (Å²) in [6, 6.07) is 0. The Morgan fingerprint density at radius 3 is 1.96 bits per heavy atom. The number of aliphatic hydroxyl groups is 1. The van der Waals surface area contributed by atoms with Crippen molar-refractivity contribution in [2.24, 2.45) is 5.92 Å². The molecule has 0 aromatic carbocycles. The zero-order valence-corrected chi connectivity index (χ0v) is 11.5. The van der Waals surface area contributed by atoms with Gasteiger partial charge in [0.05, 0.1) is 12.5 Å². The Morgan fingerprint density at radius 1 is 1.00 bits per heavy atom. The fraction of sp³-hybridized carbons (Fsp3) is 1.00. The Labute approximate surface area is 124 Å². The van der Waals surface area contributed by atoms with Crippen LogP contribution >= 0.6 is 0 Å². The average Bonchev–Trinajstić information content (AvgIpc) is 2.39. The van der Waals surface area contributed by atoms with Gasteiger partial charge in [-0.15, -0.1) is 0 Å². The first-order valence-corrected chi connectivity index (χ1v) is 6.33. The number of alkyl halides is 9. The second-order valence-corrected chi connectivity index (χ2v) is 4.85. The molecule has 0 bridgehead atoms. The average molecular weight is 364 g/mol. The predicted octanol–water partition coefficient (Wildman–Crippen LogP) is 3.21. The van der Waals surface area contributed by atoms with Crippen molar-refractivity contribution in [1.82, 2.24) is 0 Å². The van der Waals surface area contributed by atoms with E-state index in [2.05, 4.69) is 9.47 Å². The van der Waals surface area contributed by atoms with E-state index in [1.54, 1.807) is 0 Å². The third kappa shape index (κ3) is 3.25. The summed E-state index contributed by atoms with van der Waals surface area (Å²) in [5, 5.41) is 9.54. The largest absolute Gasteiger partial charge is 0.460 e. The fourth-order valence-electron chi connectivity index (χ4n) is 2.10. The molecule has 1 saturated heterocycles. The highest BCUT2D eigenvalue weighted by Crippen LogP contribution is 2.56. The third-order valence-electron chi connectivity index (χ3n) is 3.37. The van der Waals surface area contributed by atoms with Gasteiger partial charge in [-0.1, -0.05) is 0 Å². The Hall–Kier alpha value is -0.750. The smallest absolute Gasteiger partial charge is 0.387 e. The maximum Gasteiger partial charge on any atom is 0.460 e. The van der Waals surface area contributed by atoms with Crippen LogP contribution in [0.2, 0.25) is 0 Å². The Bertz CT molecular complexity index is 408. The molecule has 0 aliphatic carbocycles. The van der Waals surface area contributed by atoms with E-state index in [-0.39, 0.29) is 6.61 Å². The standard InChI is InChI=1S/C11H13F9O3/c1-2-22-7-6(21)5(3-4-23-7)8(12,13)9(14,15)10(16,17)11(18,19)20/h5-7,21H,2-4H2,1H3/t5-,6-,7+/m0/s1. The molecule has 3 atom stereocenters. The summed E-state index contributed by atoms with van der Waals surface area (Å²) in [4.78, 5) is 0. The number of hydrogen-bond donors (Lipinski definition) is 1. The minimum atomic E-state index is -6.98. The SMILES string of the molecule is CCO[C@@H]1OCC[C@H](C(F)(F)C(F)(F)C(F)(F)C(F)(F)F)[C@@H]1O. The molecule has 1 aliphatic heterocycles. The first-order valence-electron chi connectivity index (χ1n) is 6.33. The molecule has 0 radical (unpaired) electrons. The molecule has 3 nitrogen and oxygen atoms in total. The third-order valence-corrected chi connectivity index (χ3v) is 3.37. The van der Waals surface area contributed by atoms with Crippen molar-refractivity contribution < 1.29 is 54.1 Å². The molecule has 12 heteroatoms. The number of hydrogen-bond acceptors (Lipinski definition) is 3. The fourth-order valence-corrected chi connectivity index (χ4v) is 2.10. The van der Waals surface area contributed by atoms with Crippen molar-refractivity contribution in [3.63, 3.8) is 0 Å². The quantitative estimate of drug-likeness (QED) is 0.762. The van der Waals surface area contributed by atoms with E-state index in [1.165, 1.54) is 6.92 Å². The van der Waals surface area contributed by atoms with Crippen molar-refractivity contribution in [2.75, 3.05) is 13.2 Å². The normalized spacial score (nSPS) is 28.0. The Balaban J connectivity index is 3.17. The Kier molecular flexibility index (Phi) is 5.54. The summed E-state index contributed by atoms with van der Waals surface area (Å²) in [6.45, 7) is 0.453. The van der Waals surface area contributed by atoms with Crippen molar-refractivity contribution in [1.29, 1.82) is 0 Å². The van der Waals surface area contributed by atoms with E-state index in [1.807, 2.05) is 0 Å². The summed E-state index contributed by atoms with van der Waals surface area (Å²) < 4.78 is 125. The predicted molar refractivity (Wildman–Crippen MR) is 56.4 cm³/mol. The lowest BCUT2D eigenvalue weighted by atomic mass is 9.84. The van der Waals surface area contributed by atoms with Crippen molar-refractivity contribution in [2.45, 2.75) is 49.7 Å². The molecule has 0 saturated carbocycles. The first kappa shape index (κ1) is 20.3. The summed E-state index contributed by atoms with van der Waals surface area (Å²) in [6.07, 6.45) is -12.3. The van der Waals surface area contributed by atoms with E-state index in [9.17, 15) is 44.6 Å². The van der Waals surface area contributed by atoms with E-state index < -0.39 is 55.3 Å². The molecule has 0 spiro atoms. The molecule has 1 N–H and O–H groups in total. The highest BCUT2D eigenvalue weighted by Gasteiger charge is 2.83. The van der Waals surface area contributed by atoms with Crippen LogP contribution in [0.5, 0.6) is 0 Å². The lowest BCUT2D eigenvalue weighted by Gasteiger charge is -2.42. The van der Waals surface area contributed by atoms with Crippen LogP contribution < -0.4 is 0 Å². The zero-order valence-electron chi connectivity index (χ0n) is 11.5. The summed E-state index contributed by atoms with van der Waals surface area (Å²) in [5.74, 6) is -22.5. The number of rotatable bonds is 5. The monoisotopic (exact) mass is 364 g/mol. The van der Waals surface area contributed by atoms with Gasteiger partial charge in [0.2, 0.25) is 0 Å². The van der Waals surface area contributed by atoms with Crippen LogP contribution in [0.25, 0.3) is 0 Å². The second-order valence-electron chi connectivity index (χ2n) is 4.85. The van der Waals surface area contributed by atoms with Gasteiger partial charge in [0.15, 0.2) is 6.29 Å². The molecule has 0 amide bonds. The lowest BCUT2D eigenvalue weighted by molar-refractivity contribution is -0.411. The molecule has 1 aliphatic rings. The van der Waals surface area contributed by atoms with Gasteiger partial charge < -0.3 is 14.6 Å². The first-order chi connectivity index (χ1) is 10.2. The molecular formula is C11H13F9O3. The van der Waals surface area contributed by atoms with Gasteiger partial charge >= 0.3 is 23.9 Å². The van der Waals surface area contributed by atoms with Crippen LogP contribution in [-0.2, 0) is 9.47 Å². The van der Waals surface area contributed by atoms with E-state index in [0.717, 1.165) is 0 Å². The molecule has 138 valence electrons. The number of aliphatic hydroxyl groups excluding tert-OH is 1. The van der Waals surface area contributed by atoms with E-state index >= 15 is 0 Å². The van der Waals surface area contributed by atoms with Crippen LogP contribution in [-0.4, -0.2) is 54.7 Å². The molecule has 0 unspecified atom stereocenters. The summed E-state index contributed by atoms with van der Waals surface area (Å²) in [7, 11) is 0. The summed E-state index contributed by atoms with van der Waals surface area (Å²) >= 11 is 0. The molecule has 1 fully saturated rings. The minimum Gasteiger partial charge on any atom is -0.387 e. The number of ether oxygens (including phenoxy) is 2. The molecule has 23 heavy (non-hydrogen) atoms. The zero-order chi connectivity index (χ0) is 18.3. The van der Waals surface area contributed by atoms with Gasteiger partial charge in [-0.05, 0) is 13.3 Å². The van der Waals surface area contributed by atoms with Gasteiger partial charge in [-0.3, -0.25) is 0 Å². The van der Waals surface area contributed by atoms with Gasteiger partial charge in [0, 0.05) is 6.61 Å². The van der Waals surface area contributed by atoms with Gasteiger partial charge in [0.25, 0.3) is 0 Å². The van der Waals surface area contributed by atoms with Crippen LogP contribution in [0.1, 0.15) is 13.3 Å². The molecule has 1 heterocycles. The van der Waals surface area contributed by atoms with Gasteiger partial charge in [0.1, 0.15) is 6.10 Å². The summed E-state index contributed by atoms with van der Waals surface area (Å²) in [5.41, 5.74) is 0. The van der Waals surface area contributed by atoms with Gasteiger partial charge in [-0.2, -0.15) is 39.5 Å². The second kappa shape index (κ2) is 6.28. The maximum atomic E-state index is 13.8. The number of halogens is 9. The minimum absolute atomic E-state index is 0.199. The molecule has 0 aromatic heterocycles. The lowest BCUT2D eigenvalue weighted by Crippen LogP contribution is -2.66. The van der Waals surface area contributed by atoms with Crippen molar-refractivity contribution in [3.05, 3.63) is 0 Å². The van der Waals surface area contributed by atoms with Crippen LogP contribution in [0, 0.1) is 5.92 Å². The highest BCUT2D eigenvalue weighted by atomic mass is 19.4. The topological polar surface area (TPSA) is 38.7 Å². The Morgan fingerprint density at radius 2 is 1.52 bits per heavy atom. The molecule has 1 rings (SSSR count). The molecule has 0 aromatic rings. The van der Waals surface area contributed by atoms with E-state index in [0.29, 0.717) is 0 Å². The van der Waals surface area contributed by atoms with Gasteiger partial charge in [-0.25, -0.2) is 0 Å². The van der Waals surface area contributed by atoms with Crippen LogP contribution in [0.3, 0.4) is 0 Å². The molecular weight excluding hydrogens is 351 g/mol. The maximum absolute atomic E-state index is 13.8. The van der Waals surface area contributed by atoms with Crippen LogP contribution in [0.4, 0.5) is 39.5 Å². The van der Waals surface area contributed by atoms with E-state index in [4.69, 9.17) is 0 Å². The van der Waals surface area contributed by atoms with Crippen molar-refractivity contribution >= 4 is 0 Å². The van der Waals surface area contributed by atoms with Crippen LogP contribution in [0.15, 0.2) is 0 Å². The van der Waals surface area contributed by atoms with Crippen molar-refractivity contribution in [3.8, 4) is 0 Å².